The number of carbonyl (C=O) groups is 1. The smallest absolute Gasteiger partial charge is 0.385 e. The van der Waals surface area contributed by atoms with E-state index in [1.165, 1.54) is 18.8 Å². The molecule has 1 aliphatic rings. The number of nitrogens with zero attached hydrogens (tertiary/aromatic N) is 1. The van der Waals surface area contributed by atoms with Crippen molar-refractivity contribution in [3.8, 4) is 0 Å². The zero-order valence-corrected chi connectivity index (χ0v) is 12.2. The van der Waals surface area contributed by atoms with Crippen LogP contribution < -0.4 is 5.32 Å². The lowest BCUT2D eigenvalue weighted by molar-refractivity contribution is 0.0453. The quantitative estimate of drug-likeness (QED) is 0.561. The second-order valence-electron chi connectivity index (χ2n) is 3.79. The summed E-state index contributed by atoms with van der Waals surface area (Å²) in [7, 11) is 4.75. The summed E-state index contributed by atoms with van der Waals surface area (Å²) in [6, 6.07) is 0. The molecule has 1 N–H and O–H groups in total. The Morgan fingerprint density at radius 1 is 1.37 bits per heavy atom. The molecule has 1 rings (SSSR count). The Morgan fingerprint density at radius 2 is 2.05 bits per heavy atom. The van der Waals surface area contributed by atoms with Crippen molar-refractivity contribution in [1.82, 2.24) is 5.32 Å². The van der Waals surface area contributed by atoms with Crippen LogP contribution in [-0.4, -0.2) is 57.2 Å². The largest absolute Gasteiger partial charge is 0.433 e. The van der Waals surface area contributed by atoms with Crippen molar-refractivity contribution in [1.29, 1.82) is 0 Å². The van der Waals surface area contributed by atoms with Crippen LogP contribution in [0.4, 0.5) is 4.79 Å². The van der Waals surface area contributed by atoms with Gasteiger partial charge in [0.2, 0.25) is 0 Å². The average molecular weight is 292 g/mol. The SMILES string of the molecule is CNC(=O)ON=C1SC(CCOC)OC1CCOC. The minimum absolute atomic E-state index is 0.0335. The Bertz CT molecular complexity index is 313. The molecule has 0 aromatic carbocycles. The first-order chi connectivity index (χ1) is 9.21. The number of hydrogen-bond donors (Lipinski definition) is 1. The van der Waals surface area contributed by atoms with Crippen molar-refractivity contribution in [2.45, 2.75) is 24.4 Å². The molecule has 0 bridgehead atoms. The van der Waals surface area contributed by atoms with Crippen LogP contribution in [0.15, 0.2) is 5.16 Å². The van der Waals surface area contributed by atoms with Crippen molar-refractivity contribution in [3.63, 3.8) is 0 Å². The van der Waals surface area contributed by atoms with Gasteiger partial charge < -0.3 is 19.5 Å². The van der Waals surface area contributed by atoms with E-state index < -0.39 is 6.09 Å². The minimum Gasteiger partial charge on any atom is -0.385 e. The molecular weight excluding hydrogens is 272 g/mol. The predicted molar refractivity (Wildman–Crippen MR) is 72.2 cm³/mol. The van der Waals surface area contributed by atoms with Gasteiger partial charge in [-0.2, -0.15) is 0 Å². The molecule has 1 amide bonds. The lowest BCUT2D eigenvalue weighted by Gasteiger charge is -2.10. The van der Waals surface area contributed by atoms with E-state index in [4.69, 9.17) is 19.0 Å². The number of hydrogen-bond acceptors (Lipinski definition) is 7. The number of thioether (sulfide) groups is 1. The van der Waals surface area contributed by atoms with Crippen LogP contribution in [0.5, 0.6) is 0 Å². The van der Waals surface area contributed by atoms with Crippen LogP contribution in [0.3, 0.4) is 0 Å². The molecule has 7 nitrogen and oxygen atoms in total. The van der Waals surface area contributed by atoms with Gasteiger partial charge in [-0.15, -0.1) is 0 Å². The molecule has 0 saturated carbocycles. The maximum Gasteiger partial charge on any atom is 0.433 e. The fraction of sp³-hybridized carbons (Fsp3) is 0.818. The Balaban J connectivity index is 2.54. The third-order valence-electron chi connectivity index (χ3n) is 2.41. The molecule has 0 aromatic heterocycles. The summed E-state index contributed by atoms with van der Waals surface area (Å²) in [4.78, 5) is 15.7. The normalized spacial score (nSPS) is 24.7. The van der Waals surface area contributed by atoms with Gasteiger partial charge in [-0.1, -0.05) is 16.9 Å². The maximum absolute atomic E-state index is 11.0. The van der Waals surface area contributed by atoms with Crippen molar-refractivity contribution < 1.29 is 23.8 Å². The van der Waals surface area contributed by atoms with E-state index in [0.717, 1.165) is 6.42 Å². The number of carbonyl (C=O) groups excluding carboxylic acids is 1. The molecular formula is C11H20N2O5S. The molecule has 8 heteroatoms. The molecule has 19 heavy (non-hydrogen) atoms. The van der Waals surface area contributed by atoms with Gasteiger partial charge in [-0.05, 0) is 0 Å². The third-order valence-corrected chi connectivity index (χ3v) is 3.60. The van der Waals surface area contributed by atoms with Gasteiger partial charge in [0, 0.05) is 47.3 Å². The first-order valence-electron chi connectivity index (χ1n) is 5.97. The number of rotatable bonds is 7. The van der Waals surface area contributed by atoms with Gasteiger partial charge in [0.15, 0.2) is 0 Å². The fourth-order valence-corrected chi connectivity index (χ4v) is 2.53. The second kappa shape index (κ2) is 9.13. The number of amides is 1. The van der Waals surface area contributed by atoms with E-state index in [9.17, 15) is 4.79 Å². The fourth-order valence-electron chi connectivity index (χ4n) is 1.45. The number of methoxy groups -OCH3 is 2. The van der Waals surface area contributed by atoms with Crippen molar-refractivity contribution in [3.05, 3.63) is 0 Å². The highest BCUT2D eigenvalue weighted by molar-refractivity contribution is 8.14. The zero-order valence-electron chi connectivity index (χ0n) is 11.4. The van der Waals surface area contributed by atoms with Crippen LogP contribution in [0.2, 0.25) is 0 Å². The number of nitrogens with one attached hydrogen (secondary N) is 1. The van der Waals surface area contributed by atoms with Crippen LogP contribution in [0.1, 0.15) is 12.8 Å². The van der Waals surface area contributed by atoms with E-state index in [-0.39, 0.29) is 11.5 Å². The number of oxime groups is 1. The molecule has 0 radical (unpaired) electrons. The molecule has 0 aromatic rings. The summed E-state index contributed by atoms with van der Waals surface area (Å²) < 4.78 is 15.8. The third kappa shape index (κ3) is 5.77. The molecule has 0 aliphatic carbocycles. The van der Waals surface area contributed by atoms with Crippen molar-refractivity contribution >= 4 is 22.9 Å². The highest BCUT2D eigenvalue weighted by atomic mass is 32.2. The van der Waals surface area contributed by atoms with E-state index >= 15 is 0 Å². The van der Waals surface area contributed by atoms with Gasteiger partial charge in [0.05, 0.1) is 0 Å². The average Bonchev–Trinajstić information content (AvgIpc) is 2.82. The summed E-state index contributed by atoms with van der Waals surface area (Å²) >= 11 is 1.45. The lowest BCUT2D eigenvalue weighted by atomic mass is 10.3. The highest BCUT2D eigenvalue weighted by Crippen LogP contribution is 2.32. The molecule has 1 aliphatic heterocycles. The van der Waals surface area contributed by atoms with Crippen LogP contribution in [0, 0.1) is 0 Å². The molecule has 2 atom stereocenters. The topological polar surface area (TPSA) is 78.4 Å². The predicted octanol–water partition coefficient (Wildman–Crippen LogP) is 1.19. The Morgan fingerprint density at radius 3 is 2.68 bits per heavy atom. The van der Waals surface area contributed by atoms with Gasteiger partial charge >= 0.3 is 6.09 Å². The molecule has 1 heterocycles. The van der Waals surface area contributed by atoms with E-state index in [1.807, 2.05) is 0 Å². The van der Waals surface area contributed by atoms with Crippen molar-refractivity contribution in [2.24, 2.45) is 5.16 Å². The maximum atomic E-state index is 11.0. The summed E-state index contributed by atoms with van der Waals surface area (Å²) in [6.07, 6.45) is 0.627. The van der Waals surface area contributed by atoms with E-state index in [2.05, 4.69) is 10.5 Å². The molecule has 0 spiro atoms. The molecule has 2 unspecified atom stereocenters. The molecule has 1 fully saturated rings. The van der Waals surface area contributed by atoms with Gasteiger partial charge in [-0.3, -0.25) is 4.84 Å². The van der Waals surface area contributed by atoms with Crippen molar-refractivity contribution in [2.75, 3.05) is 34.5 Å². The van der Waals surface area contributed by atoms with Crippen LogP contribution >= 0.6 is 11.8 Å². The van der Waals surface area contributed by atoms with Gasteiger partial charge in [-0.25, -0.2) is 4.79 Å². The van der Waals surface area contributed by atoms with Gasteiger partial charge in [0.1, 0.15) is 16.6 Å². The summed E-state index contributed by atoms with van der Waals surface area (Å²) in [5.74, 6) is 0. The number of ether oxygens (including phenoxy) is 3. The summed E-state index contributed by atoms with van der Waals surface area (Å²) in [5.41, 5.74) is -0.0335. The zero-order chi connectivity index (χ0) is 14.1. The molecule has 1 saturated heterocycles. The Hall–Kier alpha value is -0.830. The molecule has 110 valence electrons. The Labute approximate surface area is 117 Å². The summed E-state index contributed by atoms with van der Waals surface area (Å²) in [5, 5.41) is 6.82. The second-order valence-corrected chi connectivity index (χ2v) is 4.97. The van der Waals surface area contributed by atoms with Gasteiger partial charge in [0.25, 0.3) is 0 Å². The standard InChI is InChI=1S/C11H20N2O5S/c1-12-11(14)18-13-10-8(4-6-15-2)17-9(19-10)5-7-16-3/h8-9H,4-7H2,1-3H3,(H,12,14). The van der Waals surface area contributed by atoms with E-state index in [0.29, 0.717) is 24.7 Å². The van der Waals surface area contributed by atoms with E-state index in [1.54, 1.807) is 14.2 Å². The minimum atomic E-state index is -0.598. The van der Waals surface area contributed by atoms with Crippen LogP contribution in [-0.2, 0) is 19.0 Å². The van der Waals surface area contributed by atoms with Crippen LogP contribution in [0.25, 0.3) is 0 Å². The first kappa shape index (κ1) is 16.2. The first-order valence-corrected chi connectivity index (χ1v) is 6.85. The summed E-state index contributed by atoms with van der Waals surface area (Å²) in [6.45, 7) is 1.17. The highest BCUT2D eigenvalue weighted by Gasteiger charge is 2.33. The Kier molecular flexibility index (Phi) is 7.80. The monoisotopic (exact) mass is 292 g/mol. The lowest BCUT2D eigenvalue weighted by Crippen LogP contribution is -2.21.